The van der Waals surface area contributed by atoms with Gasteiger partial charge >= 0.3 is 0 Å². The zero-order valence-corrected chi connectivity index (χ0v) is 9.69. The number of rotatable bonds is 0. The van der Waals surface area contributed by atoms with Crippen molar-refractivity contribution in [2.45, 2.75) is 39.5 Å². The molecule has 2 atom stereocenters. The first-order chi connectivity index (χ1) is 6.50. The lowest BCUT2D eigenvalue weighted by Crippen LogP contribution is -2.45. The summed E-state index contributed by atoms with van der Waals surface area (Å²) in [4.78, 5) is 0. The predicted molar refractivity (Wildman–Crippen MR) is 60.2 cm³/mol. The van der Waals surface area contributed by atoms with Crippen LogP contribution in [0.3, 0.4) is 0 Å². The first-order valence-corrected chi connectivity index (χ1v) is 5.92. The Kier molecular flexibility index (Phi) is 1.48. The summed E-state index contributed by atoms with van der Waals surface area (Å²) >= 11 is 6.36. The van der Waals surface area contributed by atoms with Crippen LogP contribution in [-0.4, -0.2) is 0 Å². The number of allylic oxidation sites excluding steroid dienone is 4. The van der Waals surface area contributed by atoms with Crippen molar-refractivity contribution in [1.29, 1.82) is 0 Å². The molecule has 1 fully saturated rings. The van der Waals surface area contributed by atoms with E-state index >= 15 is 0 Å². The van der Waals surface area contributed by atoms with Gasteiger partial charge in [0.15, 0.2) is 0 Å². The van der Waals surface area contributed by atoms with Gasteiger partial charge in [0.25, 0.3) is 0 Å². The second-order valence-electron chi connectivity index (χ2n) is 6.13. The summed E-state index contributed by atoms with van der Waals surface area (Å²) < 4.78 is 0. The van der Waals surface area contributed by atoms with Crippen molar-refractivity contribution in [2.75, 3.05) is 0 Å². The molecule has 0 radical (unpaired) electrons. The Balaban J connectivity index is 2.09. The van der Waals surface area contributed by atoms with Gasteiger partial charge in [-0.05, 0) is 31.1 Å². The lowest BCUT2D eigenvalue weighted by Gasteiger charge is -2.53. The van der Waals surface area contributed by atoms with Gasteiger partial charge in [0.05, 0.1) is 0 Å². The molecule has 0 aromatic carbocycles. The fraction of sp³-hybridized carbons (Fsp3) is 0.692. The highest BCUT2D eigenvalue weighted by atomic mass is 35.5. The van der Waals surface area contributed by atoms with Gasteiger partial charge in [0, 0.05) is 15.9 Å². The van der Waals surface area contributed by atoms with Crippen molar-refractivity contribution in [3.63, 3.8) is 0 Å². The third kappa shape index (κ3) is 0.821. The van der Waals surface area contributed by atoms with Gasteiger partial charge in [-0.15, -0.1) is 0 Å². The number of halogens is 1. The monoisotopic (exact) mass is 208 g/mol. The van der Waals surface area contributed by atoms with Crippen molar-refractivity contribution in [1.82, 2.24) is 0 Å². The molecule has 0 spiro atoms. The molecule has 0 bridgehead atoms. The van der Waals surface area contributed by atoms with E-state index in [1.165, 1.54) is 25.7 Å². The average molecular weight is 209 g/mol. The van der Waals surface area contributed by atoms with E-state index in [2.05, 4.69) is 32.1 Å². The van der Waals surface area contributed by atoms with E-state index < -0.39 is 0 Å². The van der Waals surface area contributed by atoms with Crippen molar-refractivity contribution >= 4 is 11.6 Å². The zero-order valence-electron chi connectivity index (χ0n) is 8.94. The van der Waals surface area contributed by atoms with E-state index in [0.29, 0.717) is 16.2 Å². The fourth-order valence-electron chi connectivity index (χ4n) is 4.17. The van der Waals surface area contributed by atoms with E-state index in [1.807, 2.05) is 0 Å². The van der Waals surface area contributed by atoms with Crippen LogP contribution in [0.1, 0.15) is 39.5 Å². The summed E-state index contributed by atoms with van der Waals surface area (Å²) in [5.74, 6) is 0. The molecule has 0 aromatic rings. The largest absolute Gasteiger partial charge is 0.0888 e. The van der Waals surface area contributed by atoms with E-state index in [-0.39, 0.29) is 0 Å². The predicted octanol–water partition coefficient (Wildman–Crippen LogP) is 4.27. The second kappa shape index (κ2) is 2.29. The van der Waals surface area contributed by atoms with Crippen LogP contribution >= 0.6 is 11.6 Å². The van der Waals surface area contributed by atoms with Crippen LogP contribution in [-0.2, 0) is 0 Å². The Morgan fingerprint density at radius 2 is 1.86 bits per heavy atom. The zero-order chi connectivity index (χ0) is 10.0. The summed E-state index contributed by atoms with van der Waals surface area (Å²) in [5.41, 5.74) is 1.24. The smallest absolute Gasteiger partial charge is 0.0221 e. The van der Waals surface area contributed by atoms with Crippen LogP contribution in [0.4, 0.5) is 0 Å². The molecule has 1 heteroatoms. The molecule has 3 rings (SSSR count). The van der Waals surface area contributed by atoms with E-state index in [4.69, 9.17) is 11.6 Å². The summed E-state index contributed by atoms with van der Waals surface area (Å²) in [6, 6.07) is 0. The molecule has 0 saturated heterocycles. The highest BCUT2D eigenvalue weighted by Gasteiger charge is 2.65. The first-order valence-electron chi connectivity index (χ1n) is 5.54. The SMILES string of the molecule is CC1(C)C[C@]23C=C(Cl)[C@@]2(CC=CC3)C1. The average Bonchev–Trinajstić information content (AvgIpc) is 2.28. The molecule has 0 heterocycles. The van der Waals surface area contributed by atoms with E-state index in [0.717, 1.165) is 5.03 Å². The van der Waals surface area contributed by atoms with Crippen molar-refractivity contribution in [2.24, 2.45) is 16.2 Å². The molecule has 0 unspecified atom stereocenters. The van der Waals surface area contributed by atoms with E-state index in [9.17, 15) is 0 Å². The minimum absolute atomic E-state index is 0.340. The summed E-state index contributed by atoms with van der Waals surface area (Å²) in [5, 5.41) is 1.15. The molecule has 76 valence electrons. The lowest BCUT2D eigenvalue weighted by atomic mass is 9.52. The number of hydrogen-bond acceptors (Lipinski definition) is 0. The summed E-state index contributed by atoms with van der Waals surface area (Å²) in [6.45, 7) is 4.77. The molecule has 0 amide bonds. The van der Waals surface area contributed by atoms with Crippen LogP contribution in [0, 0.1) is 16.2 Å². The molecule has 0 nitrogen and oxygen atoms in total. The third-order valence-corrected chi connectivity index (χ3v) is 4.97. The topological polar surface area (TPSA) is 0 Å². The van der Waals surface area contributed by atoms with Crippen LogP contribution in [0.5, 0.6) is 0 Å². The fourth-order valence-corrected chi connectivity index (χ4v) is 4.71. The maximum atomic E-state index is 6.36. The lowest BCUT2D eigenvalue weighted by molar-refractivity contribution is 0.128. The molecule has 0 aliphatic heterocycles. The minimum atomic E-state index is 0.340. The molecule has 0 aromatic heterocycles. The Bertz CT molecular complexity index is 350. The summed E-state index contributed by atoms with van der Waals surface area (Å²) in [7, 11) is 0. The molecular formula is C13H17Cl. The van der Waals surface area contributed by atoms with Gasteiger partial charge in [-0.2, -0.15) is 0 Å². The third-order valence-electron chi connectivity index (χ3n) is 4.50. The Hall–Kier alpha value is -0.230. The van der Waals surface area contributed by atoms with Crippen molar-refractivity contribution < 1.29 is 0 Å². The Labute approximate surface area is 91.0 Å². The maximum absolute atomic E-state index is 6.36. The first kappa shape index (κ1) is 9.03. The van der Waals surface area contributed by atoms with Crippen LogP contribution in [0.2, 0.25) is 0 Å². The quantitative estimate of drug-likeness (QED) is 0.522. The Morgan fingerprint density at radius 1 is 1.14 bits per heavy atom. The maximum Gasteiger partial charge on any atom is 0.0221 e. The van der Waals surface area contributed by atoms with E-state index in [1.54, 1.807) is 0 Å². The molecular weight excluding hydrogens is 192 g/mol. The van der Waals surface area contributed by atoms with Crippen molar-refractivity contribution in [3.05, 3.63) is 23.3 Å². The van der Waals surface area contributed by atoms with Gasteiger partial charge in [-0.1, -0.05) is 43.7 Å². The standard InChI is InChI=1S/C13H17Cl/c1-11(2)8-12-5-3-4-6-13(12,9-11)10(14)7-12/h3-4,7H,5-6,8-9H2,1-2H3/t12-,13+/m0/s1. The van der Waals surface area contributed by atoms with Crippen LogP contribution in [0.15, 0.2) is 23.3 Å². The van der Waals surface area contributed by atoms with Crippen LogP contribution in [0.25, 0.3) is 0 Å². The normalized spacial score (nSPS) is 47.8. The van der Waals surface area contributed by atoms with Gasteiger partial charge < -0.3 is 0 Å². The minimum Gasteiger partial charge on any atom is -0.0888 e. The van der Waals surface area contributed by atoms with Gasteiger partial charge in [0.1, 0.15) is 0 Å². The molecule has 3 aliphatic rings. The highest BCUT2D eigenvalue weighted by molar-refractivity contribution is 6.31. The second-order valence-corrected chi connectivity index (χ2v) is 6.54. The molecule has 1 saturated carbocycles. The van der Waals surface area contributed by atoms with Gasteiger partial charge in [0.2, 0.25) is 0 Å². The van der Waals surface area contributed by atoms with Gasteiger partial charge in [-0.25, -0.2) is 0 Å². The van der Waals surface area contributed by atoms with Crippen LogP contribution < -0.4 is 0 Å². The molecule has 14 heavy (non-hydrogen) atoms. The Morgan fingerprint density at radius 3 is 2.50 bits per heavy atom. The molecule has 0 N–H and O–H groups in total. The highest BCUT2D eigenvalue weighted by Crippen LogP contribution is 2.75. The van der Waals surface area contributed by atoms with Gasteiger partial charge in [-0.3, -0.25) is 0 Å². The number of hydrogen-bond donors (Lipinski definition) is 0. The summed E-state index contributed by atoms with van der Waals surface area (Å²) in [6.07, 6.45) is 12.0. The van der Waals surface area contributed by atoms with Crippen molar-refractivity contribution in [3.8, 4) is 0 Å². The molecule has 3 aliphatic carbocycles.